The number of aromatic nitrogens is 3. The average molecular weight is 319 g/mol. The second kappa shape index (κ2) is 9.84. The van der Waals surface area contributed by atoms with E-state index >= 15 is 0 Å². The Morgan fingerprint density at radius 3 is 1.70 bits per heavy atom. The molecule has 0 amide bonds. The van der Waals surface area contributed by atoms with Crippen LogP contribution in [0.3, 0.4) is 0 Å². The zero-order chi connectivity index (χ0) is 16.5. The first-order valence-electron chi connectivity index (χ1n) is 9.62. The highest BCUT2D eigenvalue weighted by Gasteiger charge is 2.19. The third-order valence-electron chi connectivity index (χ3n) is 4.98. The van der Waals surface area contributed by atoms with Gasteiger partial charge in [-0.25, -0.2) is 0 Å². The lowest BCUT2D eigenvalue weighted by Gasteiger charge is -2.16. The zero-order valence-electron chi connectivity index (χ0n) is 14.9. The Hall–Kier alpha value is -1.19. The van der Waals surface area contributed by atoms with E-state index in [1.54, 1.807) is 0 Å². The molecule has 1 aliphatic rings. The molecule has 0 aromatic carbocycles. The summed E-state index contributed by atoms with van der Waals surface area (Å²) in [5.74, 6) is 1.34. The molecule has 0 radical (unpaired) electrons. The number of rotatable bonds is 2. The molecule has 1 fully saturated rings. The average Bonchev–Trinajstić information content (AvgIpc) is 2.55. The lowest BCUT2D eigenvalue weighted by atomic mass is 9.94. The lowest BCUT2D eigenvalue weighted by molar-refractivity contribution is 0.413. The van der Waals surface area contributed by atoms with Crippen molar-refractivity contribution in [3.8, 4) is 5.88 Å². The van der Waals surface area contributed by atoms with Crippen LogP contribution < -0.4 is 0 Å². The van der Waals surface area contributed by atoms with E-state index in [2.05, 4.69) is 15.2 Å². The van der Waals surface area contributed by atoms with E-state index in [1.807, 2.05) is 13.8 Å². The van der Waals surface area contributed by atoms with Gasteiger partial charge in [0.2, 0.25) is 5.88 Å². The number of aromatic hydroxyl groups is 1. The van der Waals surface area contributed by atoms with Crippen LogP contribution in [0, 0.1) is 0 Å². The minimum absolute atomic E-state index is 0.0768. The first-order valence-corrected chi connectivity index (χ1v) is 9.62. The summed E-state index contributed by atoms with van der Waals surface area (Å²) in [4.78, 5) is 4.39. The first kappa shape index (κ1) is 18.2. The van der Waals surface area contributed by atoms with Gasteiger partial charge in [0.1, 0.15) is 5.69 Å². The molecule has 0 spiro atoms. The molecular formula is C19H33N3O. The van der Waals surface area contributed by atoms with Crippen LogP contribution in [0.5, 0.6) is 5.88 Å². The Morgan fingerprint density at radius 2 is 1.26 bits per heavy atom. The minimum Gasteiger partial charge on any atom is -0.492 e. The summed E-state index contributed by atoms with van der Waals surface area (Å²) in [6.07, 6.45) is 15.6. The van der Waals surface area contributed by atoms with Crippen molar-refractivity contribution in [1.82, 2.24) is 15.2 Å². The highest BCUT2D eigenvalue weighted by atomic mass is 16.3. The minimum atomic E-state index is 0.0768. The Bertz CT molecular complexity index is 448. The first-order chi connectivity index (χ1) is 11.2. The highest BCUT2D eigenvalue weighted by Crippen LogP contribution is 2.29. The largest absolute Gasteiger partial charge is 0.492 e. The van der Waals surface area contributed by atoms with Gasteiger partial charge < -0.3 is 5.11 Å². The van der Waals surface area contributed by atoms with Crippen LogP contribution in [-0.4, -0.2) is 20.3 Å². The van der Waals surface area contributed by atoms with Crippen molar-refractivity contribution in [1.29, 1.82) is 0 Å². The molecule has 1 aromatic heterocycles. The fourth-order valence-electron chi connectivity index (χ4n) is 3.48. The maximum absolute atomic E-state index is 10.1. The van der Waals surface area contributed by atoms with Crippen molar-refractivity contribution in [2.45, 2.75) is 103 Å². The van der Waals surface area contributed by atoms with Crippen molar-refractivity contribution in [3.05, 3.63) is 11.5 Å². The standard InChI is InChI=1S/C19H33N3O/c1-15(2)17-19(23)20-18(22-21-17)16-13-11-9-7-5-3-4-6-8-10-12-14-16/h15-16H,3-14H2,1-2H3,(H,20,22,23). The highest BCUT2D eigenvalue weighted by molar-refractivity contribution is 5.19. The third-order valence-corrected chi connectivity index (χ3v) is 4.98. The van der Waals surface area contributed by atoms with Gasteiger partial charge in [0, 0.05) is 11.8 Å². The van der Waals surface area contributed by atoms with Crippen molar-refractivity contribution in [3.63, 3.8) is 0 Å². The zero-order valence-corrected chi connectivity index (χ0v) is 14.9. The van der Waals surface area contributed by atoms with Gasteiger partial charge >= 0.3 is 0 Å². The Balaban J connectivity index is 2.02. The molecule has 1 N–H and O–H groups in total. The molecule has 0 saturated heterocycles. The van der Waals surface area contributed by atoms with Crippen LogP contribution in [0.4, 0.5) is 0 Å². The summed E-state index contributed by atoms with van der Waals surface area (Å²) >= 11 is 0. The van der Waals surface area contributed by atoms with Crippen LogP contribution >= 0.6 is 0 Å². The van der Waals surface area contributed by atoms with E-state index in [9.17, 15) is 5.11 Å². The predicted molar refractivity (Wildman–Crippen MR) is 93.7 cm³/mol. The monoisotopic (exact) mass is 319 g/mol. The summed E-state index contributed by atoms with van der Waals surface area (Å²) in [5.41, 5.74) is 0.610. The van der Waals surface area contributed by atoms with Gasteiger partial charge in [-0.1, -0.05) is 78.1 Å². The topological polar surface area (TPSA) is 58.9 Å². The van der Waals surface area contributed by atoms with Crippen molar-refractivity contribution < 1.29 is 5.11 Å². The Labute approximate surface area is 141 Å². The Kier molecular flexibility index (Phi) is 7.77. The molecule has 2 rings (SSSR count). The number of hydrogen-bond acceptors (Lipinski definition) is 4. The van der Waals surface area contributed by atoms with E-state index in [-0.39, 0.29) is 11.8 Å². The van der Waals surface area contributed by atoms with Crippen molar-refractivity contribution in [2.75, 3.05) is 0 Å². The molecule has 1 aliphatic carbocycles. The van der Waals surface area contributed by atoms with Gasteiger partial charge in [-0.3, -0.25) is 0 Å². The van der Waals surface area contributed by atoms with E-state index in [0.717, 1.165) is 18.7 Å². The number of hydrogen-bond donors (Lipinski definition) is 1. The summed E-state index contributed by atoms with van der Waals surface area (Å²) in [5, 5.41) is 18.7. The summed E-state index contributed by atoms with van der Waals surface area (Å²) < 4.78 is 0. The van der Waals surface area contributed by atoms with Gasteiger partial charge in [0.25, 0.3) is 0 Å². The Morgan fingerprint density at radius 1 is 0.783 bits per heavy atom. The van der Waals surface area contributed by atoms with Crippen LogP contribution in [0.1, 0.15) is 114 Å². The predicted octanol–water partition coefficient (Wildman–Crippen LogP) is 5.48. The fourth-order valence-corrected chi connectivity index (χ4v) is 3.48. The fraction of sp³-hybridized carbons (Fsp3) is 0.842. The maximum Gasteiger partial charge on any atom is 0.237 e. The SMILES string of the molecule is CC(C)c1nnc(C2CCCCCCCCCCCC2)nc1O. The van der Waals surface area contributed by atoms with E-state index < -0.39 is 0 Å². The second-order valence-corrected chi connectivity index (χ2v) is 7.34. The molecule has 0 atom stereocenters. The molecule has 0 aliphatic heterocycles. The molecule has 1 saturated carbocycles. The van der Waals surface area contributed by atoms with E-state index in [1.165, 1.54) is 64.2 Å². The molecular weight excluding hydrogens is 286 g/mol. The summed E-state index contributed by atoms with van der Waals surface area (Å²) in [6, 6.07) is 0. The van der Waals surface area contributed by atoms with Gasteiger partial charge in [-0.05, 0) is 12.8 Å². The van der Waals surface area contributed by atoms with Crippen molar-refractivity contribution in [2.24, 2.45) is 0 Å². The van der Waals surface area contributed by atoms with Crippen LogP contribution in [0.25, 0.3) is 0 Å². The molecule has 1 heterocycles. The molecule has 0 bridgehead atoms. The van der Waals surface area contributed by atoms with Crippen LogP contribution in [0.2, 0.25) is 0 Å². The quantitative estimate of drug-likeness (QED) is 0.784. The van der Waals surface area contributed by atoms with Crippen LogP contribution in [0.15, 0.2) is 0 Å². The van der Waals surface area contributed by atoms with E-state index in [0.29, 0.717) is 11.6 Å². The molecule has 4 heteroatoms. The molecule has 1 aromatic rings. The van der Waals surface area contributed by atoms with Crippen LogP contribution in [-0.2, 0) is 0 Å². The lowest BCUT2D eigenvalue weighted by Crippen LogP contribution is -2.09. The molecule has 0 unspecified atom stereocenters. The maximum atomic E-state index is 10.1. The number of nitrogens with zero attached hydrogens (tertiary/aromatic N) is 3. The van der Waals surface area contributed by atoms with Gasteiger partial charge in [0.15, 0.2) is 5.82 Å². The van der Waals surface area contributed by atoms with Gasteiger partial charge in [-0.15, -0.1) is 10.2 Å². The van der Waals surface area contributed by atoms with Gasteiger partial charge in [-0.2, -0.15) is 4.98 Å². The third kappa shape index (κ3) is 6.08. The second-order valence-electron chi connectivity index (χ2n) is 7.34. The molecule has 130 valence electrons. The van der Waals surface area contributed by atoms with Crippen molar-refractivity contribution >= 4 is 0 Å². The summed E-state index contributed by atoms with van der Waals surface area (Å²) in [6.45, 7) is 4.01. The smallest absolute Gasteiger partial charge is 0.237 e. The molecule has 4 nitrogen and oxygen atoms in total. The normalized spacial score (nSPS) is 19.8. The molecule has 23 heavy (non-hydrogen) atoms. The summed E-state index contributed by atoms with van der Waals surface area (Å²) in [7, 11) is 0. The van der Waals surface area contributed by atoms with E-state index in [4.69, 9.17) is 0 Å². The van der Waals surface area contributed by atoms with Gasteiger partial charge in [0.05, 0.1) is 0 Å².